The van der Waals surface area contributed by atoms with Gasteiger partial charge in [-0.3, -0.25) is 0 Å². The van der Waals surface area contributed by atoms with Gasteiger partial charge in [0, 0.05) is 16.7 Å². The molecule has 0 saturated heterocycles. The van der Waals surface area contributed by atoms with Crippen LogP contribution in [-0.4, -0.2) is 5.75 Å². The summed E-state index contributed by atoms with van der Waals surface area (Å²) in [5.74, 6) is 1.73. The molecule has 2 heteroatoms. The zero-order valence-electron chi connectivity index (χ0n) is 12.6. The molecule has 1 atom stereocenters. The van der Waals surface area contributed by atoms with E-state index in [1.807, 2.05) is 11.8 Å². The van der Waals surface area contributed by atoms with E-state index in [1.165, 1.54) is 40.8 Å². The monoisotopic (exact) mass is 297 g/mol. The Hall–Kier alpha value is -1.25. The predicted molar refractivity (Wildman–Crippen MR) is 91.9 cm³/mol. The van der Waals surface area contributed by atoms with Gasteiger partial charge in [-0.1, -0.05) is 48.9 Å². The lowest BCUT2D eigenvalue weighted by molar-refractivity contribution is 0.419. The van der Waals surface area contributed by atoms with Gasteiger partial charge in [-0.2, -0.15) is 0 Å². The van der Waals surface area contributed by atoms with E-state index >= 15 is 0 Å². The molecule has 1 unspecified atom stereocenters. The van der Waals surface area contributed by atoms with Gasteiger partial charge in [-0.25, -0.2) is 0 Å². The summed E-state index contributed by atoms with van der Waals surface area (Å²) in [4.78, 5) is 1.33. The first-order valence-corrected chi connectivity index (χ1v) is 8.76. The average Bonchev–Trinajstić information content (AvgIpc) is 2.45. The second kappa shape index (κ2) is 6.67. The second-order valence-electron chi connectivity index (χ2n) is 5.98. The molecule has 2 N–H and O–H groups in total. The minimum atomic E-state index is 0.102. The van der Waals surface area contributed by atoms with Gasteiger partial charge in [0.25, 0.3) is 0 Å². The number of hydrogen-bond donors (Lipinski definition) is 1. The molecule has 1 aliphatic rings. The second-order valence-corrected chi connectivity index (χ2v) is 7.04. The molecule has 110 valence electrons. The number of rotatable bonds is 5. The fraction of sp³-hybridized carbons (Fsp3) is 0.368. The maximum absolute atomic E-state index is 6.34. The van der Waals surface area contributed by atoms with E-state index in [2.05, 4.69) is 55.5 Å². The summed E-state index contributed by atoms with van der Waals surface area (Å²) in [6.45, 7) is 2.15. The van der Waals surface area contributed by atoms with Crippen molar-refractivity contribution >= 4 is 11.8 Å². The number of aryl methyl sites for hydroxylation is 1. The molecule has 2 aromatic carbocycles. The smallest absolute Gasteiger partial charge is 0.0390 e. The van der Waals surface area contributed by atoms with E-state index in [9.17, 15) is 0 Å². The maximum atomic E-state index is 6.34. The summed E-state index contributed by atoms with van der Waals surface area (Å²) < 4.78 is 0. The van der Waals surface area contributed by atoms with Gasteiger partial charge >= 0.3 is 0 Å². The van der Waals surface area contributed by atoms with Crippen molar-refractivity contribution < 1.29 is 0 Å². The van der Waals surface area contributed by atoms with E-state index < -0.39 is 0 Å². The average molecular weight is 297 g/mol. The van der Waals surface area contributed by atoms with E-state index in [-0.39, 0.29) is 6.04 Å². The Kier molecular flexibility index (Phi) is 4.67. The molecule has 0 spiro atoms. The Morgan fingerprint density at radius 1 is 1.10 bits per heavy atom. The Labute approximate surface area is 132 Å². The fourth-order valence-electron chi connectivity index (χ4n) is 2.75. The highest BCUT2D eigenvalue weighted by Crippen LogP contribution is 2.36. The molecule has 2 aromatic rings. The molecule has 3 rings (SSSR count). The lowest BCUT2D eigenvalue weighted by atomic mass is 9.80. The first kappa shape index (κ1) is 14.7. The first-order valence-electron chi connectivity index (χ1n) is 7.78. The molecular weight excluding hydrogens is 274 g/mol. The van der Waals surface area contributed by atoms with Crippen molar-refractivity contribution in [3.8, 4) is 0 Å². The van der Waals surface area contributed by atoms with Crippen molar-refractivity contribution in [2.75, 3.05) is 5.75 Å². The van der Waals surface area contributed by atoms with Crippen LogP contribution in [0.1, 0.15) is 47.9 Å². The van der Waals surface area contributed by atoms with Crippen LogP contribution in [0.15, 0.2) is 53.4 Å². The van der Waals surface area contributed by atoms with Gasteiger partial charge in [0.15, 0.2) is 0 Å². The topological polar surface area (TPSA) is 26.0 Å². The quantitative estimate of drug-likeness (QED) is 0.781. The van der Waals surface area contributed by atoms with Crippen LogP contribution in [-0.2, 0) is 0 Å². The molecule has 0 radical (unpaired) electrons. The number of benzene rings is 2. The summed E-state index contributed by atoms with van der Waals surface area (Å²) in [5, 5.41) is 0. The van der Waals surface area contributed by atoms with Gasteiger partial charge in [-0.15, -0.1) is 11.8 Å². The Morgan fingerprint density at radius 2 is 1.81 bits per heavy atom. The lowest BCUT2D eigenvalue weighted by Gasteiger charge is -2.26. The molecule has 0 bridgehead atoms. The fourth-order valence-corrected chi connectivity index (χ4v) is 3.77. The van der Waals surface area contributed by atoms with Crippen LogP contribution < -0.4 is 5.73 Å². The highest BCUT2D eigenvalue weighted by atomic mass is 32.2. The molecule has 0 aliphatic heterocycles. The molecule has 1 fully saturated rings. The van der Waals surface area contributed by atoms with E-state index in [1.54, 1.807) is 0 Å². The van der Waals surface area contributed by atoms with Crippen LogP contribution in [0, 0.1) is 6.92 Å². The van der Waals surface area contributed by atoms with Crippen LogP contribution >= 0.6 is 11.8 Å². The van der Waals surface area contributed by atoms with Crippen molar-refractivity contribution in [1.29, 1.82) is 0 Å². The maximum Gasteiger partial charge on any atom is 0.0390 e. The van der Waals surface area contributed by atoms with Crippen LogP contribution in [0.5, 0.6) is 0 Å². The predicted octanol–water partition coefficient (Wildman–Crippen LogP) is 5.05. The zero-order chi connectivity index (χ0) is 14.7. The normalized spacial score (nSPS) is 16.5. The van der Waals surface area contributed by atoms with Gasteiger partial charge in [0.1, 0.15) is 0 Å². The van der Waals surface area contributed by atoms with Crippen molar-refractivity contribution in [3.05, 3.63) is 65.2 Å². The summed E-state index contributed by atoms with van der Waals surface area (Å²) in [6.07, 6.45) is 4.10. The molecule has 1 nitrogen and oxygen atoms in total. The van der Waals surface area contributed by atoms with Gasteiger partial charge in [-0.05, 0) is 48.4 Å². The molecule has 1 saturated carbocycles. The minimum absolute atomic E-state index is 0.102. The third kappa shape index (κ3) is 3.50. The summed E-state index contributed by atoms with van der Waals surface area (Å²) in [6, 6.07) is 17.6. The third-order valence-corrected chi connectivity index (χ3v) is 5.75. The molecule has 0 heterocycles. The standard InChI is InChI=1S/C19H23NS/c1-14-5-2-3-8-19(14)21-13-18(20)17-11-9-16(10-12-17)15-6-4-7-15/h2-3,5,8-12,15,18H,4,6-7,13,20H2,1H3. The first-order chi connectivity index (χ1) is 10.2. The van der Waals surface area contributed by atoms with Crippen LogP contribution in [0.4, 0.5) is 0 Å². The highest BCUT2D eigenvalue weighted by molar-refractivity contribution is 7.99. The summed E-state index contributed by atoms with van der Waals surface area (Å²) >= 11 is 1.85. The molecule has 0 aromatic heterocycles. The van der Waals surface area contributed by atoms with Crippen LogP contribution in [0.2, 0.25) is 0 Å². The van der Waals surface area contributed by atoms with Gasteiger partial charge in [0.05, 0.1) is 0 Å². The third-order valence-electron chi connectivity index (χ3n) is 4.45. The van der Waals surface area contributed by atoms with Crippen LogP contribution in [0.3, 0.4) is 0 Å². The number of nitrogens with two attached hydrogens (primary N) is 1. The van der Waals surface area contributed by atoms with E-state index in [0.29, 0.717) is 0 Å². The highest BCUT2D eigenvalue weighted by Gasteiger charge is 2.19. The Balaban J connectivity index is 1.60. The van der Waals surface area contributed by atoms with Crippen molar-refractivity contribution in [1.82, 2.24) is 0 Å². The summed E-state index contributed by atoms with van der Waals surface area (Å²) in [5.41, 5.74) is 10.4. The van der Waals surface area contributed by atoms with Gasteiger partial charge in [0.2, 0.25) is 0 Å². The summed E-state index contributed by atoms with van der Waals surface area (Å²) in [7, 11) is 0. The molecule has 21 heavy (non-hydrogen) atoms. The Morgan fingerprint density at radius 3 is 2.43 bits per heavy atom. The van der Waals surface area contributed by atoms with E-state index in [4.69, 9.17) is 5.73 Å². The molecular formula is C19H23NS. The number of thioether (sulfide) groups is 1. The lowest BCUT2D eigenvalue weighted by Crippen LogP contribution is -2.14. The SMILES string of the molecule is Cc1ccccc1SCC(N)c1ccc(C2CCC2)cc1. The Bertz CT molecular complexity index is 587. The largest absolute Gasteiger partial charge is 0.323 e. The van der Waals surface area contributed by atoms with Crippen molar-refractivity contribution in [2.45, 2.75) is 43.0 Å². The molecule has 1 aliphatic carbocycles. The van der Waals surface area contributed by atoms with Gasteiger partial charge < -0.3 is 5.73 Å². The van der Waals surface area contributed by atoms with Crippen molar-refractivity contribution in [3.63, 3.8) is 0 Å². The van der Waals surface area contributed by atoms with Crippen molar-refractivity contribution in [2.24, 2.45) is 5.73 Å². The zero-order valence-corrected chi connectivity index (χ0v) is 13.4. The number of hydrogen-bond acceptors (Lipinski definition) is 2. The van der Waals surface area contributed by atoms with Crippen LogP contribution in [0.25, 0.3) is 0 Å². The molecule has 0 amide bonds. The van der Waals surface area contributed by atoms with E-state index in [0.717, 1.165) is 11.7 Å². The minimum Gasteiger partial charge on any atom is -0.323 e.